The smallest absolute Gasteiger partial charge is 0.138 e. The van der Waals surface area contributed by atoms with Crippen LogP contribution in [0.4, 0.5) is 0 Å². The molecule has 0 saturated heterocycles. The molecule has 0 bridgehead atoms. The molecule has 1 heterocycles. The number of rotatable bonds is 3. The molecule has 0 aliphatic rings. The van der Waals surface area contributed by atoms with Crippen LogP contribution in [0, 0.1) is 0 Å². The first-order chi connectivity index (χ1) is 7.69. The molecule has 0 aliphatic heterocycles. The molecular weight excluding hydrogens is 270 g/mol. The molecule has 84 valence electrons. The monoisotopic (exact) mass is 281 g/mol. The highest BCUT2D eigenvalue weighted by Crippen LogP contribution is 2.22. The molecule has 2 aromatic rings. The molecule has 0 fully saturated rings. The molecule has 1 atom stereocenters. The van der Waals surface area contributed by atoms with Gasteiger partial charge in [-0.25, -0.2) is 0 Å². The van der Waals surface area contributed by atoms with Crippen molar-refractivity contribution in [1.82, 2.24) is 4.98 Å². The van der Waals surface area contributed by atoms with Gasteiger partial charge in [-0.3, -0.25) is 4.98 Å². The third kappa shape index (κ3) is 2.51. The summed E-state index contributed by atoms with van der Waals surface area (Å²) in [4.78, 5) is 4.28. The Morgan fingerprint density at radius 2 is 2.25 bits per heavy atom. The predicted molar refractivity (Wildman–Crippen MR) is 66.6 cm³/mol. The van der Waals surface area contributed by atoms with Crippen LogP contribution in [0.3, 0.4) is 0 Å². The largest absolute Gasteiger partial charge is 0.487 e. The van der Waals surface area contributed by atoms with Crippen LogP contribution in [0.5, 0.6) is 5.75 Å². The Balaban J connectivity index is 2.35. The molecule has 0 saturated carbocycles. The van der Waals surface area contributed by atoms with E-state index < -0.39 is 0 Å². The van der Waals surface area contributed by atoms with E-state index in [0.29, 0.717) is 5.75 Å². The quantitative estimate of drug-likeness (QED) is 0.941. The van der Waals surface area contributed by atoms with Crippen LogP contribution in [-0.4, -0.2) is 22.8 Å². The van der Waals surface area contributed by atoms with Crippen molar-refractivity contribution in [2.45, 2.75) is 13.0 Å². The fourth-order valence-electron chi connectivity index (χ4n) is 1.42. The Kier molecular flexibility index (Phi) is 3.41. The summed E-state index contributed by atoms with van der Waals surface area (Å²) in [5.74, 6) is 0.673. The van der Waals surface area contributed by atoms with Gasteiger partial charge in [0.05, 0.1) is 18.3 Å². The van der Waals surface area contributed by atoms with Gasteiger partial charge in [0, 0.05) is 9.86 Å². The van der Waals surface area contributed by atoms with Gasteiger partial charge in [0.2, 0.25) is 0 Å². The van der Waals surface area contributed by atoms with Gasteiger partial charge in [0.15, 0.2) is 0 Å². The number of fused-ring (bicyclic) bond motifs is 1. The zero-order valence-corrected chi connectivity index (χ0v) is 10.4. The van der Waals surface area contributed by atoms with Gasteiger partial charge in [-0.05, 0) is 31.2 Å². The van der Waals surface area contributed by atoms with E-state index in [2.05, 4.69) is 20.9 Å². The fourth-order valence-corrected chi connectivity index (χ4v) is 1.80. The fraction of sp³-hybridized carbons (Fsp3) is 0.250. The third-order valence-corrected chi connectivity index (χ3v) is 2.71. The number of aliphatic hydroxyl groups is 1. The standard InChI is InChI=1S/C12H12BrNO2/c1-8(7-15)16-11-5-9-4-10(13)2-3-12(9)14-6-11/h2-6,8,15H,7H2,1H3/t8-/m1/s1. The van der Waals surface area contributed by atoms with Crippen molar-refractivity contribution in [3.63, 3.8) is 0 Å². The van der Waals surface area contributed by atoms with Crippen LogP contribution >= 0.6 is 15.9 Å². The normalized spacial score (nSPS) is 12.7. The molecule has 3 nitrogen and oxygen atoms in total. The van der Waals surface area contributed by atoms with E-state index in [1.165, 1.54) is 0 Å². The minimum atomic E-state index is -0.216. The number of hydrogen-bond donors (Lipinski definition) is 1. The minimum Gasteiger partial charge on any atom is -0.487 e. The van der Waals surface area contributed by atoms with Gasteiger partial charge in [-0.2, -0.15) is 0 Å². The predicted octanol–water partition coefficient (Wildman–Crippen LogP) is 2.76. The SMILES string of the molecule is C[C@H](CO)Oc1cnc2ccc(Br)cc2c1. The second kappa shape index (κ2) is 4.80. The zero-order valence-electron chi connectivity index (χ0n) is 8.85. The van der Waals surface area contributed by atoms with Crippen LogP contribution in [0.25, 0.3) is 10.9 Å². The Labute approximate surface area is 102 Å². The van der Waals surface area contributed by atoms with E-state index >= 15 is 0 Å². The highest BCUT2D eigenvalue weighted by Gasteiger charge is 2.04. The van der Waals surface area contributed by atoms with E-state index in [-0.39, 0.29) is 12.7 Å². The lowest BCUT2D eigenvalue weighted by molar-refractivity contribution is 0.129. The van der Waals surface area contributed by atoms with Crippen LogP contribution < -0.4 is 4.74 Å². The van der Waals surface area contributed by atoms with Crippen molar-refractivity contribution >= 4 is 26.8 Å². The maximum atomic E-state index is 8.90. The van der Waals surface area contributed by atoms with Crippen molar-refractivity contribution in [2.24, 2.45) is 0 Å². The molecule has 16 heavy (non-hydrogen) atoms. The first-order valence-electron chi connectivity index (χ1n) is 5.02. The topological polar surface area (TPSA) is 42.4 Å². The Morgan fingerprint density at radius 1 is 1.44 bits per heavy atom. The maximum Gasteiger partial charge on any atom is 0.138 e. The second-order valence-electron chi connectivity index (χ2n) is 3.62. The summed E-state index contributed by atoms with van der Waals surface area (Å²) < 4.78 is 6.49. The Hall–Kier alpha value is -1.13. The number of aromatic nitrogens is 1. The molecule has 1 aromatic carbocycles. The van der Waals surface area contributed by atoms with Crippen molar-refractivity contribution in [3.05, 3.63) is 34.9 Å². The molecule has 0 radical (unpaired) electrons. The van der Waals surface area contributed by atoms with Crippen LogP contribution in [0.2, 0.25) is 0 Å². The van der Waals surface area contributed by atoms with Gasteiger partial charge in [0.25, 0.3) is 0 Å². The lowest BCUT2D eigenvalue weighted by Gasteiger charge is -2.11. The molecule has 0 unspecified atom stereocenters. The summed E-state index contributed by atoms with van der Waals surface area (Å²) in [7, 11) is 0. The summed E-state index contributed by atoms with van der Waals surface area (Å²) in [6.07, 6.45) is 1.45. The highest BCUT2D eigenvalue weighted by molar-refractivity contribution is 9.10. The summed E-state index contributed by atoms with van der Waals surface area (Å²) in [5, 5.41) is 9.91. The van der Waals surface area contributed by atoms with Gasteiger partial charge < -0.3 is 9.84 Å². The van der Waals surface area contributed by atoms with E-state index in [1.807, 2.05) is 31.2 Å². The van der Waals surface area contributed by atoms with Gasteiger partial charge in [-0.15, -0.1) is 0 Å². The van der Waals surface area contributed by atoms with Gasteiger partial charge >= 0.3 is 0 Å². The molecule has 1 N–H and O–H groups in total. The van der Waals surface area contributed by atoms with Gasteiger partial charge in [-0.1, -0.05) is 15.9 Å². The molecule has 4 heteroatoms. The first kappa shape index (κ1) is 11.4. The lowest BCUT2D eigenvalue weighted by Crippen LogP contribution is -2.16. The summed E-state index contributed by atoms with van der Waals surface area (Å²) in [6.45, 7) is 1.81. The molecule has 1 aromatic heterocycles. The number of pyridine rings is 1. The van der Waals surface area contributed by atoms with Crippen molar-refractivity contribution < 1.29 is 9.84 Å². The molecular formula is C12H12BrNO2. The van der Waals surface area contributed by atoms with Crippen LogP contribution in [0.1, 0.15) is 6.92 Å². The van der Waals surface area contributed by atoms with Crippen LogP contribution in [-0.2, 0) is 0 Å². The number of nitrogens with zero attached hydrogens (tertiary/aromatic N) is 1. The summed E-state index contributed by atoms with van der Waals surface area (Å²) in [5.41, 5.74) is 0.923. The number of halogens is 1. The van der Waals surface area contributed by atoms with Crippen molar-refractivity contribution in [2.75, 3.05) is 6.61 Å². The van der Waals surface area contributed by atoms with E-state index in [4.69, 9.17) is 9.84 Å². The minimum absolute atomic E-state index is 0.00345. The lowest BCUT2D eigenvalue weighted by atomic mass is 10.2. The molecule has 0 aliphatic carbocycles. The van der Waals surface area contributed by atoms with Crippen molar-refractivity contribution in [3.8, 4) is 5.75 Å². The number of aliphatic hydroxyl groups excluding tert-OH is 1. The summed E-state index contributed by atoms with van der Waals surface area (Å²) in [6, 6.07) is 7.79. The van der Waals surface area contributed by atoms with E-state index in [0.717, 1.165) is 15.4 Å². The number of ether oxygens (including phenoxy) is 1. The molecule has 0 amide bonds. The first-order valence-corrected chi connectivity index (χ1v) is 5.81. The van der Waals surface area contributed by atoms with E-state index in [9.17, 15) is 0 Å². The Bertz CT molecular complexity index is 501. The maximum absolute atomic E-state index is 8.90. The number of benzene rings is 1. The highest BCUT2D eigenvalue weighted by atomic mass is 79.9. The van der Waals surface area contributed by atoms with Crippen LogP contribution in [0.15, 0.2) is 34.9 Å². The Morgan fingerprint density at radius 3 is 3.00 bits per heavy atom. The van der Waals surface area contributed by atoms with Crippen molar-refractivity contribution in [1.29, 1.82) is 0 Å². The average molecular weight is 282 g/mol. The average Bonchev–Trinajstić information content (AvgIpc) is 2.28. The molecule has 2 rings (SSSR count). The number of hydrogen-bond acceptors (Lipinski definition) is 3. The second-order valence-corrected chi connectivity index (χ2v) is 4.53. The zero-order chi connectivity index (χ0) is 11.5. The van der Waals surface area contributed by atoms with Gasteiger partial charge in [0.1, 0.15) is 11.9 Å². The molecule has 0 spiro atoms. The van der Waals surface area contributed by atoms with E-state index in [1.54, 1.807) is 6.20 Å². The third-order valence-electron chi connectivity index (χ3n) is 2.21. The summed E-state index contributed by atoms with van der Waals surface area (Å²) >= 11 is 3.41.